The van der Waals surface area contributed by atoms with Crippen molar-refractivity contribution >= 4 is 7.82 Å². The molecule has 0 rings (SSSR count). The number of ether oxygens (including phenoxy) is 1. The number of unbranched alkanes of at least 4 members (excludes halogenated alkanes) is 30. The summed E-state index contributed by atoms with van der Waals surface area (Å²) in [4.78, 5) is 21.6. The highest BCUT2D eigenvalue weighted by Crippen LogP contribution is 2.30. The van der Waals surface area contributed by atoms with E-state index in [0.717, 1.165) is 17.6 Å². The Balaban J connectivity index is 0. The summed E-state index contributed by atoms with van der Waals surface area (Å²) in [6.45, 7) is 8.84. The summed E-state index contributed by atoms with van der Waals surface area (Å²) < 4.78 is 16.5. The Labute approximate surface area is 314 Å². The monoisotopic (exact) mass is 735 g/mol. The first-order chi connectivity index (χ1) is 23.9. The molecule has 0 atom stereocenters. The van der Waals surface area contributed by atoms with Crippen LogP contribution < -0.4 is 0 Å². The molecule has 0 fully saturated rings. The minimum Gasteiger partial charge on any atom is -0.369 e. The van der Waals surface area contributed by atoms with Gasteiger partial charge in [0.25, 0.3) is 0 Å². The van der Waals surface area contributed by atoms with Gasteiger partial charge < -0.3 is 23.9 Å². The number of phosphoric acid groups is 1. The van der Waals surface area contributed by atoms with Gasteiger partial charge in [-0.25, -0.2) is 4.57 Å². The average molecular weight is 735 g/mol. The summed E-state index contributed by atoms with van der Waals surface area (Å²) in [7, 11) is 2.43. The molecule has 7 heteroatoms. The molecule has 0 aromatic heterocycles. The first-order valence-corrected chi connectivity index (χ1v) is 23.7. The molecule has 0 unspecified atom stereocenters. The van der Waals surface area contributed by atoms with Gasteiger partial charge in [-0.15, -0.1) is 0 Å². The highest BCUT2D eigenvalue weighted by Gasteiger charge is 2.35. The lowest BCUT2D eigenvalue weighted by atomic mass is 9.88. The second-order valence-electron chi connectivity index (χ2n) is 16.7. The van der Waals surface area contributed by atoms with Crippen molar-refractivity contribution in [2.75, 3.05) is 34.3 Å². The summed E-state index contributed by atoms with van der Waals surface area (Å²) in [6.07, 6.45) is 48.6. The van der Waals surface area contributed by atoms with Gasteiger partial charge in [0, 0.05) is 6.61 Å². The van der Waals surface area contributed by atoms with Gasteiger partial charge in [0.05, 0.1) is 21.1 Å². The van der Waals surface area contributed by atoms with Gasteiger partial charge in [-0.2, -0.15) is 0 Å². The number of rotatable bonds is 38. The molecule has 0 aliphatic rings. The second kappa shape index (κ2) is 37.3. The zero-order chi connectivity index (χ0) is 37.7. The first kappa shape index (κ1) is 52.1. The molecule has 0 aromatic rings. The molecule has 0 saturated carbocycles. The van der Waals surface area contributed by atoms with Crippen LogP contribution in [0.5, 0.6) is 0 Å². The molecule has 0 saturated heterocycles. The van der Waals surface area contributed by atoms with Crippen LogP contribution in [0.25, 0.3) is 0 Å². The number of quaternary nitrogens is 1. The van der Waals surface area contributed by atoms with Crippen LogP contribution in [-0.4, -0.2) is 59.1 Å². The van der Waals surface area contributed by atoms with E-state index in [4.69, 9.17) is 24.0 Å². The summed E-state index contributed by atoms with van der Waals surface area (Å²) in [5.41, 5.74) is 0.0823. The zero-order valence-corrected chi connectivity index (χ0v) is 35.9. The van der Waals surface area contributed by atoms with Gasteiger partial charge in [-0.1, -0.05) is 219 Å². The third-order valence-electron chi connectivity index (χ3n) is 10.2. The van der Waals surface area contributed by atoms with Gasteiger partial charge in [-0.05, 0) is 19.8 Å². The predicted molar refractivity (Wildman–Crippen MR) is 220 cm³/mol. The smallest absolute Gasteiger partial charge is 0.369 e. The standard InChI is InChI=1S/C43H90NO.H3O4P/c1-7-10-12-14-16-18-20-22-24-26-28-30-32-34-36-38-40-43(45-9-3,42-44(4,5)6)41-39-37-35-33-31-29-27-25-23-21-19-17-15-13-11-8-2;1-5(2,3)4/h7-42H2,1-6H3;(H3,1,2,3,4)/q+1;. The Kier molecular flexibility index (Phi) is 38.9. The first-order valence-electron chi connectivity index (χ1n) is 22.1. The molecule has 304 valence electrons. The van der Waals surface area contributed by atoms with Crippen LogP contribution in [-0.2, 0) is 9.30 Å². The average Bonchev–Trinajstić information content (AvgIpc) is 3.03. The maximum absolute atomic E-state index is 8.88. The van der Waals surface area contributed by atoms with Gasteiger partial charge in [0.15, 0.2) is 0 Å². The van der Waals surface area contributed by atoms with E-state index in [1.54, 1.807) is 0 Å². The zero-order valence-electron chi connectivity index (χ0n) is 35.0. The maximum Gasteiger partial charge on any atom is 0.466 e. The van der Waals surface area contributed by atoms with Crippen molar-refractivity contribution in [1.82, 2.24) is 0 Å². The Morgan fingerprint density at radius 3 is 0.800 bits per heavy atom. The van der Waals surface area contributed by atoms with Crippen LogP contribution in [0.15, 0.2) is 0 Å². The third-order valence-corrected chi connectivity index (χ3v) is 10.2. The molecule has 0 spiro atoms. The quantitative estimate of drug-likeness (QED) is 0.0334. The van der Waals surface area contributed by atoms with E-state index in [1.165, 1.54) is 218 Å². The molecule has 0 amide bonds. The summed E-state index contributed by atoms with van der Waals surface area (Å²) >= 11 is 0. The van der Waals surface area contributed by atoms with E-state index >= 15 is 0 Å². The Bertz CT molecular complexity index is 664. The summed E-state index contributed by atoms with van der Waals surface area (Å²) in [5, 5.41) is 0. The van der Waals surface area contributed by atoms with Gasteiger partial charge in [0.1, 0.15) is 12.1 Å². The molecule has 0 aromatic carbocycles. The molecular weight excluding hydrogens is 641 g/mol. The largest absolute Gasteiger partial charge is 0.466 e. The highest BCUT2D eigenvalue weighted by molar-refractivity contribution is 7.45. The van der Waals surface area contributed by atoms with Crippen LogP contribution in [0, 0.1) is 0 Å². The summed E-state index contributed by atoms with van der Waals surface area (Å²) in [6, 6.07) is 0. The Morgan fingerprint density at radius 1 is 0.420 bits per heavy atom. The number of likely N-dealkylation sites (N-methyl/N-ethyl adjacent to an activating group) is 1. The summed E-state index contributed by atoms with van der Waals surface area (Å²) in [5.74, 6) is 0. The van der Waals surface area contributed by atoms with Crippen molar-refractivity contribution in [1.29, 1.82) is 0 Å². The molecule has 50 heavy (non-hydrogen) atoms. The van der Waals surface area contributed by atoms with Crippen LogP contribution >= 0.6 is 7.82 Å². The topological polar surface area (TPSA) is 87.0 Å². The van der Waals surface area contributed by atoms with E-state index in [-0.39, 0.29) is 5.60 Å². The van der Waals surface area contributed by atoms with Crippen molar-refractivity contribution in [3.63, 3.8) is 0 Å². The van der Waals surface area contributed by atoms with Crippen molar-refractivity contribution in [2.45, 2.75) is 245 Å². The molecule has 0 bridgehead atoms. The lowest BCUT2D eigenvalue weighted by molar-refractivity contribution is -0.877. The molecule has 0 aliphatic carbocycles. The number of nitrogens with zero attached hydrogens (tertiary/aromatic N) is 1. The van der Waals surface area contributed by atoms with E-state index in [2.05, 4.69) is 41.9 Å². The molecule has 0 radical (unpaired) electrons. The van der Waals surface area contributed by atoms with E-state index in [9.17, 15) is 0 Å². The number of hydrogen-bond acceptors (Lipinski definition) is 2. The minimum atomic E-state index is -4.64. The SMILES string of the molecule is CCCCCCCCCCCCCCCCCCC(CCCCCCCCCCCCCCCCCC)(C[N+](C)(C)C)OCC.O=P(O)(O)O. The minimum absolute atomic E-state index is 0.0823. The van der Waals surface area contributed by atoms with Crippen molar-refractivity contribution in [3.05, 3.63) is 0 Å². The second-order valence-corrected chi connectivity index (χ2v) is 17.7. The molecule has 6 nitrogen and oxygen atoms in total. The predicted octanol–water partition coefficient (Wildman–Crippen LogP) is 13.8. The maximum atomic E-state index is 8.88. The Hall–Kier alpha value is 0.0300. The van der Waals surface area contributed by atoms with Crippen LogP contribution in [0.3, 0.4) is 0 Å². The molecule has 0 heterocycles. The lowest BCUT2D eigenvalue weighted by Crippen LogP contribution is -2.51. The van der Waals surface area contributed by atoms with E-state index < -0.39 is 7.82 Å². The van der Waals surface area contributed by atoms with Gasteiger partial charge in [0.2, 0.25) is 0 Å². The lowest BCUT2D eigenvalue weighted by Gasteiger charge is -2.39. The van der Waals surface area contributed by atoms with Gasteiger partial charge >= 0.3 is 7.82 Å². The van der Waals surface area contributed by atoms with Crippen LogP contribution in [0.1, 0.15) is 239 Å². The Morgan fingerprint density at radius 2 is 0.620 bits per heavy atom. The van der Waals surface area contributed by atoms with Crippen LogP contribution in [0.2, 0.25) is 0 Å². The number of hydrogen-bond donors (Lipinski definition) is 3. The molecular formula is C43H93NO5P+. The van der Waals surface area contributed by atoms with Crippen molar-refractivity contribution in [2.24, 2.45) is 0 Å². The molecule has 3 N–H and O–H groups in total. The van der Waals surface area contributed by atoms with Crippen molar-refractivity contribution < 1.29 is 28.5 Å². The normalized spacial score (nSPS) is 12.3. The highest BCUT2D eigenvalue weighted by atomic mass is 31.2. The fourth-order valence-electron chi connectivity index (χ4n) is 7.63. The van der Waals surface area contributed by atoms with Crippen LogP contribution in [0.4, 0.5) is 0 Å². The fraction of sp³-hybridized carbons (Fsp3) is 1.00. The van der Waals surface area contributed by atoms with Crippen molar-refractivity contribution in [3.8, 4) is 0 Å². The van der Waals surface area contributed by atoms with E-state index in [1.807, 2.05) is 0 Å². The van der Waals surface area contributed by atoms with E-state index in [0.29, 0.717) is 0 Å². The third kappa shape index (κ3) is 46.1. The van der Waals surface area contributed by atoms with Gasteiger partial charge in [-0.3, -0.25) is 0 Å². The fourth-order valence-corrected chi connectivity index (χ4v) is 7.63. The molecule has 0 aliphatic heterocycles.